The van der Waals surface area contributed by atoms with Crippen LogP contribution < -0.4 is 20.5 Å². The van der Waals surface area contributed by atoms with Crippen LogP contribution in [-0.4, -0.2) is 23.7 Å². The molecule has 1 amide bonds. The lowest BCUT2D eigenvalue weighted by Gasteiger charge is -2.08. The zero-order valence-corrected chi connectivity index (χ0v) is 10.2. The summed E-state index contributed by atoms with van der Waals surface area (Å²) in [5.41, 5.74) is 5.32. The van der Waals surface area contributed by atoms with E-state index in [1.54, 1.807) is 6.92 Å². The van der Waals surface area contributed by atoms with Crippen molar-refractivity contribution in [3.63, 3.8) is 0 Å². The van der Waals surface area contributed by atoms with Crippen LogP contribution in [0.25, 0.3) is 0 Å². The number of amides is 1. The molecular weight excluding hydrogens is 254 g/mol. The molecule has 0 aromatic heterocycles. The zero-order chi connectivity index (χ0) is 14.0. The molecule has 8 heteroatoms. The lowest BCUT2D eigenvalue weighted by molar-refractivity contribution is -0.384. The van der Waals surface area contributed by atoms with E-state index in [9.17, 15) is 14.9 Å². The highest BCUT2D eigenvalue weighted by molar-refractivity contribution is 5.94. The summed E-state index contributed by atoms with van der Waals surface area (Å²) in [6.07, 6.45) is 0.0750. The van der Waals surface area contributed by atoms with Crippen LogP contribution in [0.3, 0.4) is 0 Å². The third kappa shape index (κ3) is 2.91. The van der Waals surface area contributed by atoms with Crippen LogP contribution in [0, 0.1) is 10.1 Å². The third-order valence-electron chi connectivity index (χ3n) is 2.47. The molecule has 1 aromatic rings. The summed E-state index contributed by atoms with van der Waals surface area (Å²) in [6, 6.07) is 2.27. The molecule has 0 saturated heterocycles. The van der Waals surface area contributed by atoms with Crippen molar-refractivity contribution in [2.24, 2.45) is 5.73 Å². The first kappa shape index (κ1) is 13.1. The number of rotatable bonds is 4. The van der Waals surface area contributed by atoms with Gasteiger partial charge >= 0.3 is 0 Å². The Hall–Kier alpha value is -2.35. The van der Waals surface area contributed by atoms with Crippen molar-refractivity contribution in [1.29, 1.82) is 0 Å². The summed E-state index contributed by atoms with van der Waals surface area (Å²) in [6.45, 7) is 1.68. The third-order valence-corrected chi connectivity index (χ3v) is 2.47. The van der Waals surface area contributed by atoms with Gasteiger partial charge in [-0.1, -0.05) is 0 Å². The number of nitrogens with one attached hydrogen (secondary N) is 1. The average molecular weight is 267 g/mol. The fraction of sp³-hybridized carbons (Fsp3) is 0.364. The molecule has 1 aliphatic heterocycles. The predicted octanol–water partition coefficient (Wildman–Crippen LogP) is 0.999. The minimum Gasteiger partial charge on any atom is -0.454 e. The van der Waals surface area contributed by atoms with Gasteiger partial charge in [-0.2, -0.15) is 0 Å². The van der Waals surface area contributed by atoms with Crippen molar-refractivity contribution < 1.29 is 19.2 Å². The largest absolute Gasteiger partial charge is 0.454 e. The molecule has 1 aromatic carbocycles. The Morgan fingerprint density at radius 1 is 1.53 bits per heavy atom. The lowest BCUT2D eigenvalue weighted by atomic mass is 10.2. The van der Waals surface area contributed by atoms with E-state index in [0.29, 0.717) is 5.75 Å². The number of carbonyl (C=O) groups is 1. The summed E-state index contributed by atoms with van der Waals surface area (Å²) in [5, 5.41) is 13.4. The van der Waals surface area contributed by atoms with Gasteiger partial charge in [0.25, 0.3) is 5.69 Å². The minimum atomic E-state index is -0.594. The Morgan fingerprint density at radius 2 is 2.16 bits per heavy atom. The van der Waals surface area contributed by atoms with E-state index < -0.39 is 10.8 Å². The smallest absolute Gasteiger partial charge is 0.296 e. The maximum Gasteiger partial charge on any atom is 0.296 e. The Bertz CT molecular complexity index is 529. The molecular formula is C11H13N3O5. The molecule has 19 heavy (non-hydrogen) atoms. The first-order valence-corrected chi connectivity index (χ1v) is 5.61. The molecule has 0 saturated carbocycles. The van der Waals surface area contributed by atoms with Crippen LogP contribution in [-0.2, 0) is 4.79 Å². The lowest BCUT2D eigenvalue weighted by Crippen LogP contribution is -2.24. The molecule has 1 aliphatic rings. The molecule has 0 fully saturated rings. The van der Waals surface area contributed by atoms with E-state index in [-0.39, 0.29) is 36.4 Å². The Labute approximate surface area is 108 Å². The number of nitro groups is 1. The highest BCUT2D eigenvalue weighted by Gasteiger charge is 2.24. The summed E-state index contributed by atoms with van der Waals surface area (Å²) < 4.78 is 10.2. The van der Waals surface area contributed by atoms with Gasteiger partial charge in [-0.3, -0.25) is 14.9 Å². The average Bonchev–Trinajstić information content (AvgIpc) is 2.73. The number of hydrogen-bond donors (Lipinski definition) is 2. The van der Waals surface area contributed by atoms with Crippen molar-refractivity contribution in [2.45, 2.75) is 19.4 Å². The first-order valence-electron chi connectivity index (χ1n) is 5.61. The molecule has 0 aliphatic carbocycles. The zero-order valence-electron chi connectivity index (χ0n) is 10.2. The number of ether oxygens (including phenoxy) is 2. The van der Waals surface area contributed by atoms with Gasteiger partial charge in [0.2, 0.25) is 12.7 Å². The van der Waals surface area contributed by atoms with Crippen LogP contribution in [0.4, 0.5) is 11.4 Å². The van der Waals surface area contributed by atoms with Gasteiger partial charge in [0.15, 0.2) is 11.5 Å². The second-order valence-corrected chi connectivity index (χ2v) is 4.21. The van der Waals surface area contributed by atoms with Crippen molar-refractivity contribution in [3.05, 3.63) is 22.2 Å². The van der Waals surface area contributed by atoms with Crippen molar-refractivity contribution in [3.8, 4) is 11.5 Å². The fourth-order valence-electron chi connectivity index (χ4n) is 1.68. The van der Waals surface area contributed by atoms with E-state index in [1.807, 2.05) is 0 Å². The highest BCUT2D eigenvalue weighted by Crippen LogP contribution is 2.40. The van der Waals surface area contributed by atoms with E-state index >= 15 is 0 Å². The number of nitrogens with two attached hydrogens (primary N) is 1. The maximum absolute atomic E-state index is 11.6. The van der Waals surface area contributed by atoms with Crippen LogP contribution in [0.2, 0.25) is 0 Å². The van der Waals surface area contributed by atoms with Crippen molar-refractivity contribution in [1.82, 2.24) is 0 Å². The molecule has 102 valence electrons. The van der Waals surface area contributed by atoms with Crippen LogP contribution in [0.5, 0.6) is 11.5 Å². The molecule has 0 bridgehead atoms. The molecule has 8 nitrogen and oxygen atoms in total. The van der Waals surface area contributed by atoms with Gasteiger partial charge in [-0.05, 0) is 6.92 Å². The summed E-state index contributed by atoms with van der Waals surface area (Å²) >= 11 is 0. The topological polar surface area (TPSA) is 117 Å². The standard InChI is InChI=1S/C11H13N3O5/c1-6(12)2-11(15)13-7-3-9-10(19-5-18-9)4-8(7)14(16)17/h3-4,6H,2,5,12H2,1H3,(H,13,15). The van der Waals surface area contributed by atoms with E-state index in [2.05, 4.69) is 5.32 Å². The number of carbonyl (C=O) groups excluding carboxylic acids is 1. The van der Waals surface area contributed by atoms with Crippen LogP contribution in [0.1, 0.15) is 13.3 Å². The Balaban J connectivity index is 2.28. The number of nitro benzene ring substituents is 1. The summed E-state index contributed by atoms with van der Waals surface area (Å²) in [7, 11) is 0. The normalized spacial score (nSPS) is 14.0. The molecule has 0 spiro atoms. The van der Waals surface area contributed by atoms with Gasteiger partial charge in [-0.25, -0.2) is 0 Å². The number of hydrogen-bond acceptors (Lipinski definition) is 6. The first-order chi connectivity index (χ1) is 8.97. The maximum atomic E-state index is 11.6. The Morgan fingerprint density at radius 3 is 2.74 bits per heavy atom. The number of fused-ring (bicyclic) bond motifs is 1. The van der Waals surface area contributed by atoms with E-state index in [1.165, 1.54) is 12.1 Å². The minimum absolute atomic E-state index is 0.00369. The molecule has 1 atom stereocenters. The second kappa shape index (κ2) is 5.11. The van der Waals surface area contributed by atoms with Gasteiger partial charge < -0.3 is 20.5 Å². The molecule has 2 rings (SSSR count). The molecule has 1 unspecified atom stereocenters. The summed E-state index contributed by atoms with van der Waals surface area (Å²) in [4.78, 5) is 22.0. The molecule has 3 N–H and O–H groups in total. The van der Waals surface area contributed by atoms with Crippen LogP contribution >= 0.6 is 0 Å². The monoisotopic (exact) mass is 267 g/mol. The SMILES string of the molecule is CC(N)CC(=O)Nc1cc2c(cc1[N+](=O)[O-])OCO2. The van der Waals surface area contributed by atoms with E-state index in [0.717, 1.165) is 0 Å². The molecule has 1 heterocycles. The van der Waals surface area contributed by atoms with Crippen LogP contribution in [0.15, 0.2) is 12.1 Å². The number of benzene rings is 1. The molecule has 0 radical (unpaired) electrons. The van der Waals surface area contributed by atoms with Gasteiger partial charge in [0.05, 0.1) is 11.0 Å². The van der Waals surface area contributed by atoms with Gasteiger partial charge in [0, 0.05) is 18.5 Å². The fourth-order valence-corrected chi connectivity index (χ4v) is 1.68. The van der Waals surface area contributed by atoms with Crippen molar-refractivity contribution in [2.75, 3.05) is 12.1 Å². The predicted molar refractivity (Wildman–Crippen MR) is 66.1 cm³/mol. The van der Waals surface area contributed by atoms with Gasteiger partial charge in [-0.15, -0.1) is 0 Å². The van der Waals surface area contributed by atoms with Gasteiger partial charge in [0.1, 0.15) is 5.69 Å². The Kier molecular flexibility index (Phi) is 3.52. The number of nitrogens with zero attached hydrogens (tertiary/aromatic N) is 1. The quantitative estimate of drug-likeness (QED) is 0.620. The number of anilines is 1. The van der Waals surface area contributed by atoms with Crippen molar-refractivity contribution >= 4 is 17.3 Å². The summed E-state index contributed by atoms with van der Waals surface area (Å²) in [5.74, 6) is 0.260. The second-order valence-electron chi connectivity index (χ2n) is 4.21. The van der Waals surface area contributed by atoms with E-state index in [4.69, 9.17) is 15.2 Å². The highest BCUT2D eigenvalue weighted by atomic mass is 16.7.